The van der Waals surface area contributed by atoms with Crippen LogP contribution in [0.15, 0.2) is 18.2 Å². The predicted molar refractivity (Wildman–Crippen MR) is 76.5 cm³/mol. The van der Waals surface area contributed by atoms with Crippen LogP contribution < -0.4 is 11.1 Å². The molecular weight excluding hydrogens is 242 g/mol. The molecule has 1 atom stereocenters. The summed E-state index contributed by atoms with van der Waals surface area (Å²) in [6, 6.07) is 4.80. The minimum atomic E-state index is -0.952. The van der Waals surface area contributed by atoms with Gasteiger partial charge in [0.25, 0.3) is 0 Å². The lowest BCUT2D eigenvalue weighted by Gasteiger charge is -2.13. The van der Waals surface area contributed by atoms with E-state index in [0.717, 1.165) is 31.1 Å². The number of aromatic carboxylic acids is 1. The maximum atomic E-state index is 10.8. The van der Waals surface area contributed by atoms with E-state index >= 15 is 0 Å². The fourth-order valence-corrected chi connectivity index (χ4v) is 2.53. The Morgan fingerprint density at radius 2 is 2.37 bits per heavy atom. The molecule has 19 heavy (non-hydrogen) atoms. The smallest absolute Gasteiger partial charge is 0.335 e. The first kappa shape index (κ1) is 13.7. The molecule has 0 saturated carbocycles. The van der Waals surface area contributed by atoms with Gasteiger partial charge in [-0.25, -0.2) is 4.79 Å². The van der Waals surface area contributed by atoms with Gasteiger partial charge in [-0.05, 0) is 50.6 Å². The SMILES string of the molecule is CN1CCC(CCNc2ccc(C(=O)O)cc2N)C1. The molecule has 1 heterocycles. The van der Waals surface area contributed by atoms with Crippen LogP contribution in [0.3, 0.4) is 0 Å². The second-order valence-electron chi connectivity index (χ2n) is 5.24. The van der Waals surface area contributed by atoms with E-state index in [-0.39, 0.29) is 5.56 Å². The number of rotatable bonds is 5. The van der Waals surface area contributed by atoms with Gasteiger partial charge in [-0.3, -0.25) is 0 Å². The largest absolute Gasteiger partial charge is 0.478 e. The third-order valence-electron chi connectivity index (χ3n) is 3.66. The molecule has 5 nitrogen and oxygen atoms in total. The number of anilines is 2. The summed E-state index contributed by atoms with van der Waals surface area (Å²) in [5.41, 5.74) is 7.37. The minimum absolute atomic E-state index is 0.223. The number of carboxylic acid groups (broad SMARTS) is 1. The number of nitrogens with one attached hydrogen (secondary N) is 1. The third kappa shape index (κ3) is 3.61. The summed E-state index contributed by atoms with van der Waals surface area (Å²) in [6.45, 7) is 3.21. The van der Waals surface area contributed by atoms with Gasteiger partial charge in [-0.15, -0.1) is 0 Å². The van der Waals surface area contributed by atoms with Gasteiger partial charge in [-0.1, -0.05) is 0 Å². The first-order valence-corrected chi connectivity index (χ1v) is 6.61. The summed E-state index contributed by atoms with van der Waals surface area (Å²) in [4.78, 5) is 13.2. The number of nitrogens with two attached hydrogens (primary N) is 1. The molecule has 1 aliphatic rings. The fourth-order valence-electron chi connectivity index (χ4n) is 2.53. The quantitative estimate of drug-likeness (QED) is 0.705. The number of carboxylic acids is 1. The molecule has 0 radical (unpaired) electrons. The first-order chi connectivity index (χ1) is 9.06. The lowest BCUT2D eigenvalue weighted by atomic mass is 10.1. The number of hydrogen-bond acceptors (Lipinski definition) is 4. The summed E-state index contributed by atoms with van der Waals surface area (Å²) >= 11 is 0. The third-order valence-corrected chi connectivity index (χ3v) is 3.66. The van der Waals surface area contributed by atoms with Gasteiger partial charge < -0.3 is 21.1 Å². The average molecular weight is 263 g/mol. The molecule has 1 aliphatic heterocycles. The molecule has 1 aromatic rings. The highest BCUT2D eigenvalue weighted by Gasteiger charge is 2.18. The molecule has 0 aliphatic carbocycles. The second kappa shape index (κ2) is 5.93. The Hall–Kier alpha value is -1.75. The monoisotopic (exact) mass is 263 g/mol. The number of nitrogen functional groups attached to an aromatic ring is 1. The Bertz CT molecular complexity index is 462. The van der Waals surface area contributed by atoms with Gasteiger partial charge in [0.15, 0.2) is 0 Å². The molecule has 1 fully saturated rings. The molecule has 5 heteroatoms. The van der Waals surface area contributed by atoms with Gasteiger partial charge in [0.05, 0.1) is 16.9 Å². The molecule has 0 aromatic heterocycles. The van der Waals surface area contributed by atoms with Crippen molar-refractivity contribution < 1.29 is 9.90 Å². The normalized spacial score (nSPS) is 19.5. The fraction of sp³-hybridized carbons (Fsp3) is 0.500. The van der Waals surface area contributed by atoms with Crippen LogP contribution in [0.5, 0.6) is 0 Å². The minimum Gasteiger partial charge on any atom is -0.478 e. The maximum Gasteiger partial charge on any atom is 0.335 e. The van der Waals surface area contributed by atoms with Crippen LogP contribution in [0, 0.1) is 5.92 Å². The van der Waals surface area contributed by atoms with E-state index in [1.807, 2.05) is 0 Å². The molecule has 0 amide bonds. The van der Waals surface area contributed by atoms with Crippen LogP contribution in [0.2, 0.25) is 0 Å². The average Bonchev–Trinajstić information content (AvgIpc) is 2.77. The van der Waals surface area contributed by atoms with Crippen LogP contribution in [-0.2, 0) is 0 Å². The van der Waals surface area contributed by atoms with E-state index in [1.165, 1.54) is 19.0 Å². The lowest BCUT2D eigenvalue weighted by molar-refractivity contribution is 0.0697. The van der Waals surface area contributed by atoms with Crippen molar-refractivity contribution in [1.29, 1.82) is 0 Å². The first-order valence-electron chi connectivity index (χ1n) is 6.61. The molecule has 0 spiro atoms. The Labute approximate surface area is 113 Å². The highest BCUT2D eigenvalue weighted by atomic mass is 16.4. The van der Waals surface area contributed by atoms with Gasteiger partial charge >= 0.3 is 5.97 Å². The van der Waals surface area contributed by atoms with E-state index in [2.05, 4.69) is 17.3 Å². The molecule has 0 bridgehead atoms. The Morgan fingerprint density at radius 1 is 1.58 bits per heavy atom. The molecule has 104 valence electrons. The Kier molecular flexibility index (Phi) is 4.27. The number of likely N-dealkylation sites (tertiary alicyclic amines) is 1. The van der Waals surface area contributed by atoms with Gasteiger partial charge in [0.2, 0.25) is 0 Å². The van der Waals surface area contributed by atoms with E-state index in [0.29, 0.717) is 5.69 Å². The molecule has 1 unspecified atom stereocenters. The summed E-state index contributed by atoms with van der Waals surface area (Å²) in [5.74, 6) is -0.204. The summed E-state index contributed by atoms with van der Waals surface area (Å²) in [5, 5.41) is 12.1. The molecular formula is C14H21N3O2. The number of carbonyl (C=O) groups is 1. The zero-order chi connectivity index (χ0) is 13.8. The Balaban J connectivity index is 1.84. The van der Waals surface area contributed by atoms with Crippen molar-refractivity contribution in [2.75, 3.05) is 37.7 Å². The van der Waals surface area contributed by atoms with E-state index in [4.69, 9.17) is 10.8 Å². The highest BCUT2D eigenvalue weighted by molar-refractivity contribution is 5.90. The van der Waals surface area contributed by atoms with Gasteiger partial charge in [0, 0.05) is 13.1 Å². The Morgan fingerprint density at radius 3 is 2.95 bits per heavy atom. The highest BCUT2D eigenvalue weighted by Crippen LogP contribution is 2.22. The van der Waals surface area contributed by atoms with E-state index in [1.54, 1.807) is 12.1 Å². The second-order valence-corrected chi connectivity index (χ2v) is 5.24. The predicted octanol–water partition coefficient (Wildman–Crippen LogP) is 1.72. The number of nitrogens with zero attached hydrogens (tertiary/aromatic N) is 1. The van der Waals surface area contributed by atoms with Crippen LogP contribution in [0.25, 0.3) is 0 Å². The molecule has 1 aromatic carbocycles. The van der Waals surface area contributed by atoms with Crippen LogP contribution >= 0.6 is 0 Å². The van der Waals surface area contributed by atoms with Crippen molar-refractivity contribution in [1.82, 2.24) is 4.90 Å². The van der Waals surface area contributed by atoms with Crippen LogP contribution in [0.1, 0.15) is 23.2 Å². The van der Waals surface area contributed by atoms with Crippen molar-refractivity contribution in [3.8, 4) is 0 Å². The maximum absolute atomic E-state index is 10.8. The molecule has 2 rings (SSSR count). The number of benzene rings is 1. The van der Waals surface area contributed by atoms with Crippen molar-refractivity contribution in [3.63, 3.8) is 0 Å². The van der Waals surface area contributed by atoms with Crippen LogP contribution in [-0.4, -0.2) is 42.7 Å². The van der Waals surface area contributed by atoms with E-state index in [9.17, 15) is 4.79 Å². The lowest BCUT2D eigenvalue weighted by Crippen LogP contribution is -2.16. The molecule has 4 N–H and O–H groups in total. The zero-order valence-corrected chi connectivity index (χ0v) is 11.2. The number of hydrogen-bond donors (Lipinski definition) is 3. The van der Waals surface area contributed by atoms with Crippen molar-refractivity contribution in [3.05, 3.63) is 23.8 Å². The van der Waals surface area contributed by atoms with Crippen molar-refractivity contribution >= 4 is 17.3 Å². The summed E-state index contributed by atoms with van der Waals surface area (Å²) in [7, 11) is 2.15. The van der Waals surface area contributed by atoms with Crippen molar-refractivity contribution in [2.24, 2.45) is 5.92 Å². The summed E-state index contributed by atoms with van der Waals surface area (Å²) in [6.07, 6.45) is 2.37. The van der Waals surface area contributed by atoms with Gasteiger partial charge in [0.1, 0.15) is 0 Å². The zero-order valence-electron chi connectivity index (χ0n) is 11.2. The van der Waals surface area contributed by atoms with Crippen molar-refractivity contribution in [2.45, 2.75) is 12.8 Å². The molecule has 1 saturated heterocycles. The van der Waals surface area contributed by atoms with Gasteiger partial charge in [-0.2, -0.15) is 0 Å². The summed E-state index contributed by atoms with van der Waals surface area (Å²) < 4.78 is 0. The van der Waals surface area contributed by atoms with E-state index < -0.39 is 5.97 Å². The standard InChI is InChI=1S/C14H21N3O2/c1-17-7-5-10(9-17)4-6-16-13-3-2-11(14(18)19)8-12(13)15/h2-3,8,10,16H,4-7,9,15H2,1H3,(H,18,19). The van der Waals surface area contributed by atoms with Crippen LogP contribution in [0.4, 0.5) is 11.4 Å². The topological polar surface area (TPSA) is 78.6 Å².